The summed E-state index contributed by atoms with van der Waals surface area (Å²) in [6.45, 7) is 4.08. The monoisotopic (exact) mass is 214 g/mol. The summed E-state index contributed by atoms with van der Waals surface area (Å²) in [6.07, 6.45) is 1.04. The van der Waals surface area contributed by atoms with Crippen LogP contribution in [0.5, 0.6) is 0 Å². The van der Waals surface area contributed by atoms with Crippen LogP contribution in [0.2, 0.25) is 0 Å². The molecule has 2 atom stereocenters. The summed E-state index contributed by atoms with van der Waals surface area (Å²) >= 11 is 0. The zero-order valence-corrected chi connectivity index (χ0v) is 9.70. The summed E-state index contributed by atoms with van der Waals surface area (Å²) in [5.41, 5.74) is -1.07. The minimum absolute atomic E-state index is 0.336. The van der Waals surface area contributed by atoms with Crippen molar-refractivity contribution in [1.29, 1.82) is 0 Å². The summed E-state index contributed by atoms with van der Waals surface area (Å²) in [5.74, 6) is -0.262. The molecule has 1 aliphatic carbocycles. The SMILES string of the molecule is COC(=O)C1(C(=O)OC)CC(C)C(C)C1. The first kappa shape index (κ1) is 12.0. The molecule has 0 aromatic carbocycles. The second-order valence-electron chi connectivity index (χ2n) is 4.43. The molecule has 0 saturated heterocycles. The Bertz CT molecular complexity index is 244. The largest absolute Gasteiger partial charge is 0.468 e. The Hall–Kier alpha value is -1.06. The Morgan fingerprint density at radius 3 is 1.60 bits per heavy atom. The van der Waals surface area contributed by atoms with Crippen molar-refractivity contribution in [1.82, 2.24) is 0 Å². The Labute approximate surface area is 89.9 Å². The number of hydrogen-bond acceptors (Lipinski definition) is 4. The molecule has 86 valence electrons. The third-order valence-corrected chi connectivity index (χ3v) is 3.46. The van der Waals surface area contributed by atoms with Crippen molar-refractivity contribution in [2.45, 2.75) is 26.7 Å². The Kier molecular flexibility index (Phi) is 3.37. The molecular weight excluding hydrogens is 196 g/mol. The smallest absolute Gasteiger partial charge is 0.323 e. The summed E-state index contributed by atoms with van der Waals surface area (Å²) in [7, 11) is 2.61. The van der Waals surface area contributed by atoms with Crippen LogP contribution < -0.4 is 0 Å². The van der Waals surface area contributed by atoms with Gasteiger partial charge in [0.05, 0.1) is 14.2 Å². The van der Waals surface area contributed by atoms with Crippen LogP contribution in [0.3, 0.4) is 0 Å². The summed E-state index contributed by atoms with van der Waals surface area (Å²) < 4.78 is 9.43. The molecule has 0 aromatic heterocycles. The third-order valence-electron chi connectivity index (χ3n) is 3.46. The maximum absolute atomic E-state index is 11.7. The highest BCUT2D eigenvalue weighted by molar-refractivity contribution is 6.00. The van der Waals surface area contributed by atoms with E-state index >= 15 is 0 Å². The minimum atomic E-state index is -1.07. The summed E-state index contributed by atoms with van der Waals surface area (Å²) in [6, 6.07) is 0. The molecule has 4 nitrogen and oxygen atoms in total. The number of hydrogen-bond donors (Lipinski definition) is 0. The summed E-state index contributed by atoms with van der Waals surface area (Å²) in [4.78, 5) is 23.4. The van der Waals surface area contributed by atoms with Crippen molar-refractivity contribution < 1.29 is 19.1 Å². The van der Waals surface area contributed by atoms with Crippen molar-refractivity contribution in [3.63, 3.8) is 0 Å². The Balaban J connectivity index is 2.99. The fourth-order valence-electron chi connectivity index (χ4n) is 2.39. The minimum Gasteiger partial charge on any atom is -0.468 e. The van der Waals surface area contributed by atoms with Crippen LogP contribution in [-0.2, 0) is 19.1 Å². The first-order valence-electron chi connectivity index (χ1n) is 5.14. The van der Waals surface area contributed by atoms with Crippen LogP contribution in [0.1, 0.15) is 26.7 Å². The van der Waals surface area contributed by atoms with Crippen LogP contribution >= 0.6 is 0 Å². The third kappa shape index (κ3) is 1.85. The van der Waals surface area contributed by atoms with E-state index in [0.717, 1.165) is 0 Å². The van der Waals surface area contributed by atoms with Gasteiger partial charge in [0.1, 0.15) is 0 Å². The van der Waals surface area contributed by atoms with E-state index in [1.807, 2.05) is 13.8 Å². The van der Waals surface area contributed by atoms with Crippen LogP contribution in [0.15, 0.2) is 0 Å². The average Bonchev–Trinajstić information content (AvgIpc) is 2.54. The molecule has 1 saturated carbocycles. The molecule has 0 radical (unpaired) electrons. The number of carbonyl (C=O) groups is 2. The molecule has 1 fully saturated rings. The lowest BCUT2D eigenvalue weighted by atomic mass is 9.85. The number of ether oxygens (including phenoxy) is 2. The molecule has 1 aliphatic rings. The van der Waals surface area contributed by atoms with E-state index in [1.165, 1.54) is 14.2 Å². The van der Waals surface area contributed by atoms with Crippen molar-refractivity contribution >= 4 is 11.9 Å². The topological polar surface area (TPSA) is 52.6 Å². The first-order valence-corrected chi connectivity index (χ1v) is 5.14. The van der Waals surface area contributed by atoms with Gasteiger partial charge in [-0.3, -0.25) is 9.59 Å². The zero-order valence-electron chi connectivity index (χ0n) is 9.70. The highest BCUT2D eigenvalue weighted by atomic mass is 16.5. The average molecular weight is 214 g/mol. The maximum atomic E-state index is 11.7. The van der Waals surface area contributed by atoms with Gasteiger partial charge in [0.25, 0.3) is 0 Å². The van der Waals surface area contributed by atoms with E-state index in [9.17, 15) is 9.59 Å². The maximum Gasteiger partial charge on any atom is 0.323 e. The normalized spacial score (nSPS) is 28.5. The predicted octanol–water partition coefficient (Wildman–Crippen LogP) is 1.38. The molecule has 0 aliphatic heterocycles. The van der Waals surface area contributed by atoms with Crippen molar-refractivity contribution in [3.05, 3.63) is 0 Å². The molecule has 0 aromatic rings. The fraction of sp³-hybridized carbons (Fsp3) is 0.818. The molecule has 1 rings (SSSR count). The highest BCUT2D eigenvalue weighted by Crippen LogP contribution is 2.46. The van der Waals surface area contributed by atoms with Gasteiger partial charge in [-0.1, -0.05) is 13.8 Å². The lowest BCUT2D eigenvalue weighted by molar-refractivity contribution is -0.169. The Morgan fingerprint density at radius 1 is 1.00 bits per heavy atom. The van der Waals surface area contributed by atoms with Gasteiger partial charge in [0.15, 0.2) is 5.41 Å². The number of methoxy groups -OCH3 is 2. The number of rotatable bonds is 2. The van der Waals surface area contributed by atoms with Gasteiger partial charge in [-0.05, 0) is 24.7 Å². The second-order valence-corrected chi connectivity index (χ2v) is 4.43. The quantitative estimate of drug-likeness (QED) is 0.515. The van der Waals surface area contributed by atoms with E-state index in [2.05, 4.69) is 0 Å². The van der Waals surface area contributed by atoms with Crippen LogP contribution in [-0.4, -0.2) is 26.2 Å². The van der Waals surface area contributed by atoms with E-state index in [4.69, 9.17) is 9.47 Å². The zero-order chi connectivity index (χ0) is 11.6. The molecule has 15 heavy (non-hydrogen) atoms. The number of carbonyl (C=O) groups excluding carboxylic acids is 2. The number of esters is 2. The van der Waals surface area contributed by atoms with Gasteiger partial charge < -0.3 is 9.47 Å². The molecule has 0 amide bonds. The van der Waals surface area contributed by atoms with Gasteiger partial charge in [0, 0.05) is 0 Å². The van der Waals surface area contributed by atoms with Crippen LogP contribution in [0.25, 0.3) is 0 Å². The Morgan fingerprint density at radius 2 is 1.33 bits per heavy atom. The summed E-state index contributed by atoms with van der Waals surface area (Å²) in [5, 5.41) is 0. The van der Waals surface area contributed by atoms with E-state index < -0.39 is 17.4 Å². The molecule has 0 spiro atoms. The van der Waals surface area contributed by atoms with Crippen molar-refractivity contribution in [2.24, 2.45) is 17.3 Å². The lowest BCUT2D eigenvalue weighted by Gasteiger charge is -2.22. The van der Waals surface area contributed by atoms with E-state index in [1.54, 1.807) is 0 Å². The molecule has 0 N–H and O–H groups in total. The van der Waals surface area contributed by atoms with Gasteiger partial charge in [-0.15, -0.1) is 0 Å². The van der Waals surface area contributed by atoms with Gasteiger partial charge in [-0.2, -0.15) is 0 Å². The van der Waals surface area contributed by atoms with Crippen molar-refractivity contribution in [3.8, 4) is 0 Å². The van der Waals surface area contributed by atoms with Gasteiger partial charge in [-0.25, -0.2) is 0 Å². The second kappa shape index (κ2) is 4.21. The molecule has 0 bridgehead atoms. The fourth-order valence-corrected chi connectivity index (χ4v) is 2.39. The van der Waals surface area contributed by atoms with Gasteiger partial charge in [0.2, 0.25) is 0 Å². The molecular formula is C11H18O4. The predicted molar refractivity (Wildman–Crippen MR) is 54.0 cm³/mol. The van der Waals surface area contributed by atoms with Crippen molar-refractivity contribution in [2.75, 3.05) is 14.2 Å². The van der Waals surface area contributed by atoms with Crippen LogP contribution in [0, 0.1) is 17.3 Å². The van der Waals surface area contributed by atoms with E-state index in [0.29, 0.717) is 24.7 Å². The van der Waals surface area contributed by atoms with Crippen LogP contribution in [0.4, 0.5) is 0 Å². The standard InChI is InChI=1S/C11H18O4/c1-7-5-11(6-8(7)2,9(12)14-3)10(13)15-4/h7-8H,5-6H2,1-4H3. The molecule has 2 unspecified atom stereocenters. The highest BCUT2D eigenvalue weighted by Gasteiger charge is 2.54. The molecule has 4 heteroatoms. The van der Waals surface area contributed by atoms with Gasteiger partial charge >= 0.3 is 11.9 Å². The lowest BCUT2D eigenvalue weighted by Crippen LogP contribution is -2.39. The van der Waals surface area contributed by atoms with E-state index in [-0.39, 0.29) is 0 Å². The molecule has 0 heterocycles. The first-order chi connectivity index (χ1) is 6.97.